The monoisotopic (exact) mass is 317 g/mol. The lowest BCUT2D eigenvalue weighted by atomic mass is 9.78. The molecular weight excluding hydrogens is 290 g/mol. The van der Waals surface area contributed by atoms with Crippen molar-refractivity contribution in [1.82, 2.24) is 4.90 Å². The van der Waals surface area contributed by atoms with Crippen molar-refractivity contribution in [2.75, 3.05) is 20.6 Å². The number of rotatable bonds is 4. The van der Waals surface area contributed by atoms with Crippen LogP contribution in [-0.2, 0) is 6.42 Å². The molecule has 1 heterocycles. The molecule has 0 aliphatic heterocycles. The second-order valence-electron chi connectivity index (χ2n) is 7.43. The van der Waals surface area contributed by atoms with Gasteiger partial charge in [-0.1, -0.05) is 19.8 Å². The standard InChI is InChI=1S/C19H27NO3/c1-12-4-6-13(7-5-12)19(22)15-11-23-17-9-8-16(21)14(18(15)17)10-20(2)3/h11-13,21H,4-10H2,1-3H3. The fourth-order valence-electron chi connectivity index (χ4n) is 3.85. The maximum Gasteiger partial charge on any atom is 0.169 e. The molecule has 2 aliphatic rings. The molecule has 1 fully saturated rings. The molecule has 0 unspecified atom stereocenters. The Morgan fingerprint density at radius 1 is 1.26 bits per heavy atom. The number of allylic oxidation sites excluding steroid dienone is 1. The Hall–Kier alpha value is -1.55. The summed E-state index contributed by atoms with van der Waals surface area (Å²) < 4.78 is 5.70. The molecule has 4 nitrogen and oxygen atoms in total. The van der Waals surface area contributed by atoms with E-state index in [9.17, 15) is 9.90 Å². The molecule has 0 spiro atoms. The number of hydrogen-bond acceptors (Lipinski definition) is 4. The number of aliphatic hydroxyl groups is 1. The van der Waals surface area contributed by atoms with Gasteiger partial charge in [0.2, 0.25) is 0 Å². The van der Waals surface area contributed by atoms with Crippen molar-refractivity contribution >= 4 is 11.4 Å². The van der Waals surface area contributed by atoms with E-state index >= 15 is 0 Å². The van der Waals surface area contributed by atoms with Crippen molar-refractivity contribution in [3.05, 3.63) is 28.9 Å². The van der Waals surface area contributed by atoms with Gasteiger partial charge in [-0.2, -0.15) is 0 Å². The van der Waals surface area contributed by atoms with E-state index < -0.39 is 0 Å². The maximum atomic E-state index is 13.0. The van der Waals surface area contributed by atoms with E-state index in [-0.39, 0.29) is 11.7 Å². The molecule has 1 aromatic rings. The first-order valence-electron chi connectivity index (χ1n) is 8.68. The Balaban J connectivity index is 1.91. The number of carbonyl (C=O) groups is 1. The fraction of sp³-hybridized carbons (Fsp3) is 0.632. The Morgan fingerprint density at radius 3 is 2.61 bits per heavy atom. The quantitative estimate of drug-likeness (QED) is 0.851. The minimum atomic E-state index is 0.109. The zero-order valence-electron chi connectivity index (χ0n) is 14.4. The summed E-state index contributed by atoms with van der Waals surface area (Å²) in [5, 5.41) is 10.3. The highest BCUT2D eigenvalue weighted by Gasteiger charge is 2.32. The van der Waals surface area contributed by atoms with Crippen LogP contribution >= 0.6 is 0 Å². The Labute approximate surface area is 138 Å². The Kier molecular flexibility index (Phi) is 4.62. The highest BCUT2D eigenvalue weighted by Crippen LogP contribution is 2.38. The van der Waals surface area contributed by atoms with Crippen molar-refractivity contribution in [3.63, 3.8) is 0 Å². The maximum absolute atomic E-state index is 13.0. The zero-order chi connectivity index (χ0) is 16.6. The van der Waals surface area contributed by atoms with Gasteiger partial charge >= 0.3 is 0 Å². The third-order valence-corrected chi connectivity index (χ3v) is 5.23. The summed E-state index contributed by atoms with van der Waals surface area (Å²) in [7, 11) is 3.94. The molecule has 2 aliphatic carbocycles. The van der Waals surface area contributed by atoms with Crippen molar-refractivity contribution in [1.29, 1.82) is 0 Å². The van der Waals surface area contributed by atoms with Gasteiger partial charge in [-0.3, -0.25) is 4.79 Å². The molecule has 3 rings (SSSR count). The first kappa shape index (κ1) is 16.3. The first-order chi connectivity index (χ1) is 11.0. The average Bonchev–Trinajstić information content (AvgIpc) is 2.94. The average molecular weight is 317 g/mol. The van der Waals surface area contributed by atoms with Crippen LogP contribution in [0.3, 0.4) is 0 Å². The SMILES string of the molecule is CC1CCC(C(=O)c2coc3c2C(CN(C)C)=C(O)CC3)CC1. The van der Waals surface area contributed by atoms with Crippen LogP contribution in [0.25, 0.3) is 5.57 Å². The van der Waals surface area contributed by atoms with Gasteiger partial charge in [0.25, 0.3) is 0 Å². The van der Waals surface area contributed by atoms with E-state index in [1.54, 1.807) is 6.26 Å². The van der Waals surface area contributed by atoms with Crippen LogP contribution in [0.4, 0.5) is 0 Å². The second kappa shape index (κ2) is 6.52. The Morgan fingerprint density at radius 2 is 1.96 bits per heavy atom. The third kappa shape index (κ3) is 3.23. The molecular formula is C19H27NO3. The fourth-order valence-corrected chi connectivity index (χ4v) is 3.85. The summed E-state index contributed by atoms with van der Waals surface area (Å²) in [5.41, 5.74) is 2.41. The van der Waals surface area contributed by atoms with E-state index in [1.807, 2.05) is 19.0 Å². The molecule has 23 heavy (non-hydrogen) atoms. The highest BCUT2D eigenvalue weighted by molar-refractivity contribution is 6.02. The lowest BCUT2D eigenvalue weighted by Gasteiger charge is -2.26. The molecule has 0 amide bonds. The number of aryl methyl sites for hydroxylation is 1. The van der Waals surface area contributed by atoms with E-state index in [2.05, 4.69) is 6.92 Å². The number of ketones is 1. The topological polar surface area (TPSA) is 53.7 Å². The second-order valence-corrected chi connectivity index (χ2v) is 7.43. The number of likely N-dealkylation sites (N-methyl/N-ethyl adjacent to an activating group) is 1. The van der Waals surface area contributed by atoms with Gasteiger partial charge < -0.3 is 14.4 Å². The first-order valence-corrected chi connectivity index (χ1v) is 8.68. The summed E-state index contributed by atoms with van der Waals surface area (Å²) in [6.07, 6.45) is 7.09. The minimum Gasteiger partial charge on any atom is -0.512 e. The van der Waals surface area contributed by atoms with Crippen LogP contribution < -0.4 is 0 Å². The molecule has 1 N–H and O–H groups in total. The lowest BCUT2D eigenvalue weighted by Crippen LogP contribution is -2.23. The normalized spacial score (nSPS) is 24.9. The van der Waals surface area contributed by atoms with Gasteiger partial charge in [0, 0.05) is 36.4 Å². The summed E-state index contributed by atoms with van der Waals surface area (Å²) in [6, 6.07) is 0. The summed E-state index contributed by atoms with van der Waals surface area (Å²) in [5.74, 6) is 2.29. The molecule has 1 aromatic heterocycles. The van der Waals surface area contributed by atoms with Crippen molar-refractivity contribution in [2.45, 2.75) is 45.4 Å². The van der Waals surface area contributed by atoms with Crippen LogP contribution in [0.2, 0.25) is 0 Å². The molecule has 1 saturated carbocycles. The van der Waals surface area contributed by atoms with Crippen LogP contribution in [0.5, 0.6) is 0 Å². The van der Waals surface area contributed by atoms with Crippen LogP contribution in [0.15, 0.2) is 16.4 Å². The van der Waals surface area contributed by atoms with E-state index in [0.717, 1.165) is 48.5 Å². The number of carbonyl (C=O) groups excluding carboxylic acids is 1. The van der Waals surface area contributed by atoms with Gasteiger partial charge in [0.1, 0.15) is 12.0 Å². The van der Waals surface area contributed by atoms with E-state index in [0.29, 0.717) is 30.7 Å². The Bertz CT molecular complexity index is 619. The number of aliphatic hydroxyl groups excluding tert-OH is 1. The molecule has 0 atom stereocenters. The zero-order valence-corrected chi connectivity index (χ0v) is 14.4. The summed E-state index contributed by atoms with van der Waals surface area (Å²) >= 11 is 0. The van der Waals surface area contributed by atoms with Crippen LogP contribution in [0.1, 0.15) is 60.7 Å². The molecule has 0 radical (unpaired) electrons. The molecule has 0 bridgehead atoms. The van der Waals surface area contributed by atoms with E-state index in [1.165, 1.54) is 0 Å². The third-order valence-electron chi connectivity index (χ3n) is 5.23. The molecule has 0 aromatic carbocycles. The number of Topliss-reactive ketones (excluding diaryl/α,β-unsaturated/α-hetero) is 1. The molecule has 0 saturated heterocycles. The number of hydrogen-bond donors (Lipinski definition) is 1. The molecule has 126 valence electrons. The van der Waals surface area contributed by atoms with Gasteiger partial charge in [-0.25, -0.2) is 0 Å². The van der Waals surface area contributed by atoms with Crippen molar-refractivity contribution in [3.8, 4) is 0 Å². The number of fused-ring (bicyclic) bond motifs is 1. The van der Waals surface area contributed by atoms with Crippen LogP contribution in [-0.4, -0.2) is 36.4 Å². The predicted octanol–water partition coefficient (Wildman–Crippen LogP) is 4.07. The van der Waals surface area contributed by atoms with Crippen molar-refractivity contribution in [2.24, 2.45) is 11.8 Å². The van der Waals surface area contributed by atoms with Crippen LogP contribution in [0, 0.1) is 11.8 Å². The van der Waals surface area contributed by atoms with Gasteiger partial charge in [0.05, 0.1) is 11.3 Å². The number of furan rings is 1. The van der Waals surface area contributed by atoms with E-state index in [4.69, 9.17) is 4.42 Å². The van der Waals surface area contributed by atoms with Crippen molar-refractivity contribution < 1.29 is 14.3 Å². The largest absolute Gasteiger partial charge is 0.512 e. The lowest BCUT2D eigenvalue weighted by molar-refractivity contribution is 0.0874. The predicted molar refractivity (Wildman–Crippen MR) is 90.6 cm³/mol. The summed E-state index contributed by atoms with van der Waals surface area (Å²) in [6.45, 7) is 2.89. The summed E-state index contributed by atoms with van der Waals surface area (Å²) in [4.78, 5) is 15.0. The smallest absolute Gasteiger partial charge is 0.169 e. The minimum absolute atomic E-state index is 0.109. The highest BCUT2D eigenvalue weighted by atomic mass is 16.3. The van der Waals surface area contributed by atoms with Gasteiger partial charge in [-0.05, 0) is 32.9 Å². The number of nitrogens with zero attached hydrogens (tertiary/aromatic N) is 1. The van der Waals surface area contributed by atoms with Gasteiger partial charge in [-0.15, -0.1) is 0 Å². The van der Waals surface area contributed by atoms with Gasteiger partial charge in [0.15, 0.2) is 5.78 Å². The molecule has 4 heteroatoms.